The van der Waals surface area contributed by atoms with Crippen LogP contribution in [-0.4, -0.2) is 33.0 Å². The Labute approximate surface area is 152 Å². The van der Waals surface area contributed by atoms with E-state index in [1.54, 1.807) is 10.6 Å². The molecule has 0 saturated carbocycles. The fourth-order valence-corrected chi connectivity index (χ4v) is 3.55. The topological polar surface area (TPSA) is 47.1 Å². The van der Waals surface area contributed by atoms with Crippen LogP contribution in [0.3, 0.4) is 0 Å². The second-order valence-corrected chi connectivity index (χ2v) is 7.01. The van der Waals surface area contributed by atoms with Crippen LogP contribution in [0.25, 0.3) is 11.1 Å². The van der Waals surface area contributed by atoms with Crippen LogP contribution >= 0.6 is 0 Å². The number of oxazole rings is 1. The fraction of sp³-hybridized carbons (Fsp3) is 0.444. The van der Waals surface area contributed by atoms with Gasteiger partial charge in [-0.15, -0.1) is 0 Å². The number of aromatic nitrogens is 3. The first kappa shape index (κ1) is 18.0. The summed E-state index contributed by atoms with van der Waals surface area (Å²) in [5.41, 5.74) is 0.171. The average Bonchev–Trinajstić information content (AvgIpc) is 3.16. The summed E-state index contributed by atoms with van der Waals surface area (Å²) >= 11 is 0. The molecule has 0 bridgehead atoms. The minimum Gasteiger partial charge on any atom is -0.439 e. The lowest BCUT2D eigenvalue weighted by Gasteiger charge is -2.27. The van der Waals surface area contributed by atoms with E-state index in [1.165, 1.54) is 12.1 Å². The predicted molar refractivity (Wildman–Crippen MR) is 89.3 cm³/mol. The van der Waals surface area contributed by atoms with E-state index < -0.39 is 11.9 Å². The van der Waals surface area contributed by atoms with E-state index in [9.17, 15) is 17.6 Å². The maximum atomic E-state index is 13.2. The maximum Gasteiger partial charge on any atom is 0.434 e. The molecule has 0 N–H and O–H groups in total. The molecule has 2 aromatic heterocycles. The molecule has 4 rings (SSSR count). The van der Waals surface area contributed by atoms with Crippen molar-refractivity contribution >= 4 is 11.1 Å². The summed E-state index contributed by atoms with van der Waals surface area (Å²) in [4.78, 5) is 10.0. The van der Waals surface area contributed by atoms with Gasteiger partial charge in [0.1, 0.15) is 17.2 Å². The van der Waals surface area contributed by atoms with E-state index >= 15 is 0 Å². The number of halogens is 4. The van der Waals surface area contributed by atoms with E-state index in [2.05, 4.69) is 9.97 Å². The normalized spacial score (nSPS) is 17.6. The third-order valence-electron chi connectivity index (χ3n) is 4.75. The molecular formula is C18H18F4N4O. The Morgan fingerprint density at radius 2 is 2.11 bits per heavy atom. The maximum absolute atomic E-state index is 13.2. The van der Waals surface area contributed by atoms with Crippen LogP contribution in [0, 0.1) is 11.7 Å². The summed E-state index contributed by atoms with van der Waals surface area (Å²) in [6.45, 7) is 1.63. The lowest BCUT2D eigenvalue weighted by atomic mass is 9.99. The Hall–Kier alpha value is -2.42. The summed E-state index contributed by atoms with van der Waals surface area (Å²) in [6.07, 6.45) is -2.02. The van der Waals surface area contributed by atoms with E-state index in [4.69, 9.17) is 4.42 Å². The van der Waals surface area contributed by atoms with Crippen LogP contribution in [-0.2, 0) is 25.7 Å². The van der Waals surface area contributed by atoms with Crippen LogP contribution < -0.4 is 0 Å². The molecular weight excluding hydrogens is 364 g/mol. The second kappa shape index (κ2) is 6.63. The molecule has 1 aliphatic rings. The molecule has 0 aliphatic carbocycles. The molecule has 0 spiro atoms. The zero-order chi connectivity index (χ0) is 19.2. The van der Waals surface area contributed by atoms with E-state index in [-0.39, 0.29) is 11.7 Å². The van der Waals surface area contributed by atoms with Crippen LogP contribution in [0.1, 0.15) is 23.8 Å². The Balaban J connectivity index is 1.39. The Morgan fingerprint density at radius 1 is 1.30 bits per heavy atom. The largest absolute Gasteiger partial charge is 0.439 e. The van der Waals surface area contributed by atoms with Crippen molar-refractivity contribution in [1.82, 2.24) is 19.4 Å². The van der Waals surface area contributed by atoms with Crippen molar-refractivity contribution in [3.05, 3.63) is 47.6 Å². The van der Waals surface area contributed by atoms with Crippen LogP contribution in [0.15, 0.2) is 28.8 Å². The minimum atomic E-state index is -4.41. The molecule has 0 radical (unpaired) electrons. The summed E-state index contributed by atoms with van der Waals surface area (Å²) in [5.74, 6) is 0.811. The highest BCUT2D eigenvalue weighted by molar-refractivity contribution is 5.72. The first-order chi connectivity index (χ1) is 12.8. The predicted octanol–water partition coefficient (Wildman–Crippen LogP) is 3.88. The van der Waals surface area contributed by atoms with Gasteiger partial charge in [-0.1, -0.05) is 0 Å². The molecule has 1 aromatic carbocycles. The van der Waals surface area contributed by atoms with Gasteiger partial charge in [-0.2, -0.15) is 13.2 Å². The molecule has 5 nitrogen and oxygen atoms in total. The summed E-state index contributed by atoms with van der Waals surface area (Å²) in [5, 5.41) is 0. The number of hydrogen-bond acceptors (Lipinski definition) is 4. The zero-order valence-electron chi connectivity index (χ0n) is 14.6. The number of hydrogen-bond donors (Lipinski definition) is 0. The molecule has 1 unspecified atom stereocenters. The van der Waals surface area contributed by atoms with E-state index in [1.807, 2.05) is 11.9 Å². The lowest BCUT2D eigenvalue weighted by molar-refractivity contribution is -0.141. The highest BCUT2D eigenvalue weighted by Crippen LogP contribution is 2.31. The van der Waals surface area contributed by atoms with Gasteiger partial charge >= 0.3 is 6.18 Å². The van der Waals surface area contributed by atoms with Gasteiger partial charge in [0.05, 0.1) is 6.54 Å². The van der Waals surface area contributed by atoms with Gasteiger partial charge in [0.2, 0.25) is 5.89 Å². The molecule has 3 aromatic rings. The van der Waals surface area contributed by atoms with Crippen molar-refractivity contribution in [3.63, 3.8) is 0 Å². The van der Waals surface area contributed by atoms with Crippen LogP contribution in [0.4, 0.5) is 17.6 Å². The highest BCUT2D eigenvalue weighted by Gasteiger charge is 2.35. The van der Waals surface area contributed by atoms with Gasteiger partial charge in [0.25, 0.3) is 0 Å². The summed E-state index contributed by atoms with van der Waals surface area (Å²) in [6, 6.07) is 4.18. The number of alkyl halides is 3. The molecule has 0 fully saturated rings. The smallest absolute Gasteiger partial charge is 0.434 e. The molecule has 3 heterocycles. The molecule has 0 saturated heterocycles. The molecule has 27 heavy (non-hydrogen) atoms. The van der Waals surface area contributed by atoms with Gasteiger partial charge < -0.3 is 8.98 Å². The first-order valence-corrected chi connectivity index (χ1v) is 8.64. The Morgan fingerprint density at radius 3 is 2.89 bits per heavy atom. The van der Waals surface area contributed by atoms with Crippen molar-refractivity contribution in [2.75, 3.05) is 13.6 Å². The third kappa shape index (κ3) is 3.83. The number of aryl methyl sites for hydroxylation is 1. The standard InChI is InChI=1S/C18H18F4N4O/c1-25(10-17-23-13-6-12(19)3-4-14(13)27-17)7-11-2-5-16-24-15(18(20,21)22)9-26(16)8-11/h3-4,6,9,11H,2,5,7-8,10H2,1H3. The van der Waals surface area contributed by atoms with Gasteiger partial charge in [0, 0.05) is 31.8 Å². The van der Waals surface area contributed by atoms with Crippen molar-refractivity contribution in [1.29, 1.82) is 0 Å². The van der Waals surface area contributed by atoms with E-state index in [0.29, 0.717) is 48.9 Å². The molecule has 144 valence electrons. The monoisotopic (exact) mass is 382 g/mol. The number of benzene rings is 1. The van der Waals surface area contributed by atoms with Crippen molar-refractivity contribution in [2.45, 2.75) is 32.1 Å². The second-order valence-electron chi connectivity index (χ2n) is 7.01. The van der Waals surface area contributed by atoms with Gasteiger partial charge in [-0.3, -0.25) is 4.90 Å². The quantitative estimate of drug-likeness (QED) is 0.643. The van der Waals surface area contributed by atoms with Crippen LogP contribution in [0.2, 0.25) is 0 Å². The van der Waals surface area contributed by atoms with Crippen LogP contribution in [0.5, 0.6) is 0 Å². The zero-order valence-corrected chi connectivity index (χ0v) is 14.6. The minimum absolute atomic E-state index is 0.208. The summed E-state index contributed by atoms with van der Waals surface area (Å²) in [7, 11) is 1.90. The Bertz CT molecular complexity index is 962. The Kier molecular flexibility index (Phi) is 4.41. The number of imidazole rings is 1. The molecule has 9 heteroatoms. The van der Waals surface area contributed by atoms with Gasteiger partial charge in [0.15, 0.2) is 11.3 Å². The SMILES string of the molecule is CN(Cc1nc2cc(F)ccc2o1)CC1CCc2nc(C(F)(F)F)cn2C1. The van der Waals surface area contributed by atoms with Crippen molar-refractivity contribution in [3.8, 4) is 0 Å². The highest BCUT2D eigenvalue weighted by atomic mass is 19.4. The summed E-state index contributed by atoms with van der Waals surface area (Å²) < 4.78 is 58.9. The van der Waals surface area contributed by atoms with Crippen molar-refractivity contribution in [2.24, 2.45) is 5.92 Å². The molecule has 1 aliphatic heterocycles. The van der Waals surface area contributed by atoms with Gasteiger partial charge in [-0.05, 0) is 31.5 Å². The molecule has 0 amide bonds. The lowest BCUT2D eigenvalue weighted by Crippen LogP contribution is -2.31. The first-order valence-electron chi connectivity index (χ1n) is 8.64. The fourth-order valence-electron chi connectivity index (χ4n) is 3.55. The number of nitrogens with zero attached hydrogens (tertiary/aromatic N) is 4. The van der Waals surface area contributed by atoms with Gasteiger partial charge in [-0.25, -0.2) is 14.4 Å². The number of fused-ring (bicyclic) bond motifs is 2. The van der Waals surface area contributed by atoms with Crippen molar-refractivity contribution < 1.29 is 22.0 Å². The molecule has 1 atom stereocenters. The third-order valence-corrected chi connectivity index (χ3v) is 4.75. The van der Waals surface area contributed by atoms with E-state index in [0.717, 1.165) is 12.6 Å². The number of rotatable bonds is 4. The average molecular weight is 382 g/mol.